The molecule has 2 aromatic carbocycles. The Labute approximate surface area is 156 Å². The number of amides is 2. The number of carbonyl (C=O) groups excluding carboxylic acids is 1. The van der Waals surface area contributed by atoms with Crippen LogP contribution in [0.25, 0.3) is 0 Å². The average molecular weight is 393 g/mol. The minimum absolute atomic E-state index is 0.0259. The van der Waals surface area contributed by atoms with Crippen molar-refractivity contribution >= 4 is 27.2 Å². The molecule has 2 aromatic rings. The van der Waals surface area contributed by atoms with E-state index in [1.54, 1.807) is 19.1 Å². The molecule has 0 saturated heterocycles. The Hall–Kier alpha value is -3.14. The number of anilines is 1. The van der Waals surface area contributed by atoms with Crippen LogP contribution in [0.3, 0.4) is 0 Å². The van der Waals surface area contributed by atoms with Gasteiger partial charge in [-0.15, -0.1) is 0 Å². The highest BCUT2D eigenvalue weighted by atomic mass is 32.2. The molecule has 0 fully saturated rings. The van der Waals surface area contributed by atoms with Crippen molar-refractivity contribution < 1.29 is 22.9 Å². The van der Waals surface area contributed by atoms with E-state index in [1.165, 1.54) is 37.4 Å². The molecule has 9 nitrogen and oxygen atoms in total. The SMILES string of the molecule is COc1ccc(NC(=O)NC(C)c2ccc(S(C)(=O)=O)cc2)c([N+](=O)[O-])c1. The molecule has 0 heterocycles. The van der Waals surface area contributed by atoms with E-state index in [0.717, 1.165) is 6.26 Å². The molecule has 2 amide bonds. The third kappa shape index (κ3) is 5.17. The van der Waals surface area contributed by atoms with Crippen molar-refractivity contribution in [2.24, 2.45) is 0 Å². The van der Waals surface area contributed by atoms with Crippen LogP contribution >= 0.6 is 0 Å². The number of sulfone groups is 1. The van der Waals surface area contributed by atoms with Crippen LogP contribution in [-0.2, 0) is 9.84 Å². The predicted molar refractivity (Wildman–Crippen MR) is 99.8 cm³/mol. The molecule has 0 bridgehead atoms. The molecular weight excluding hydrogens is 374 g/mol. The van der Waals surface area contributed by atoms with Crippen LogP contribution in [0.2, 0.25) is 0 Å². The summed E-state index contributed by atoms with van der Waals surface area (Å²) in [7, 11) is -1.92. The Bertz CT molecular complexity index is 957. The van der Waals surface area contributed by atoms with E-state index in [2.05, 4.69) is 10.6 Å². The molecule has 10 heteroatoms. The standard InChI is InChI=1S/C17H19N3O6S/c1-11(12-4-7-14(8-5-12)27(3,24)25)18-17(21)19-15-9-6-13(26-2)10-16(15)20(22)23/h4-11H,1-3H3,(H2,18,19,21). The van der Waals surface area contributed by atoms with Crippen LogP contribution in [0.1, 0.15) is 18.5 Å². The van der Waals surface area contributed by atoms with Gasteiger partial charge in [0.05, 0.1) is 29.0 Å². The van der Waals surface area contributed by atoms with Gasteiger partial charge in [0.1, 0.15) is 11.4 Å². The van der Waals surface area contributed by atoms with Gasteiger partial charge in [0.15, 0.2) is 9.84 Å². The van der Waals surface area contributed by atoms with Crippen molar-refractivity contribution in [2.75, 3.05) is 18.7 Å². The fourth-order valence-corrected chi connectivity index (χ4v) is 2.97. The summed E-state index contributed by atoms with van der Waals surface area (Å²) in [5.41, 5.74) is 0.411. The first kappa shape index (κ1) is 20.2. The first-order chi connectivity index (χ1) is 12.6. The van der Waals surface area contributed by atoms with Crippen LogP contribution in [0.15, 0.2) is 47.4 Å². The smallest absolute Gasteiger partial charge is 0.319 e. The van der Waals surface area contributed by atoms with E-state index in [0.29, 0.717) is 11.3 Å². The fourth-order valence-electron chi connectivity index (χ4n) is 2.34. The van der Waals surface area contributed by atoms with Gasteiger partial charge >= 0.3 is 6.03 Å². The Morgan fingerprint density at radius 1 is 1.19 bits per heavy atom. The molecule has 0 aliphatic heterocycles. The maximum atomic E-state index is 12.2. The van der Waals surface area contributed by atoms with Gasteiger partial charge in [-0.1, -0.05) is 12.1 Å². The van der Waals surface area contributed by atoms with Gasteiger partial charge < -0.3 is 15.4 Å². The van der Waals surface area contributed by atoms with Gasteiger partial charge in [-0.25, -0.2) is 13.2 Å². The number of ether oxygens (including phenoxy) is 1. The highest BCUT2D eigenvalue weighted by Gasteiger charge is 2.18. The molecule has 0 aromatic heterocycles. The Morgan fingerprint density at radius 2 is 1.81 bits per heavy atom. The van der Waals surface area contributed by atoms with Crippen LogP contribution in [-0.4, -0.2) is 32.7 Å². The number of benzene rings is 2. The number of nitro benzene ring substituents is 1. The number of methoxy groups -OCH3 is 1. The summed E-state index contributed by atoms with van der Waals surface area (Å²) < 4.78 is 27.9. The van der Waals surface area contributed by atoms with Crippen molar-refractivity contribution in [3.05, 3.63) is 58.1 Å². The Balaban J connectivity index is 2.10. The van der Waals surface area contributed by atoms with Crippen molar-refractivity contribution in [3.8, 4) is 5.75 Å². The summed E-state index contributed by atoms with van der Waals surface area (Å²) in [6, 6.07) is 9.10. The lowest BCUT2D eigenvalue weighted by molar-refractivity contribution is -0.384. The van der Waals surface area contributed by atoms with E-state index < -0.39 is 26.8 Å². The van der Waals surface area contributed by atoms with E-state index >= 15 is 0 Å². The minimum Gasteiger partial charge on any atom is -0.496 e. The monoisotopic (exact) mass is 393 g/mol. The summed E-state index contributed by atoms with van der Waals surface area (Å²) in [5.74, 6) is 0.298. The summed E-state index contributed by atoms with van der Waals surface area (Å²) in [6.07, 6.45) is 1.11. The van der Waals surface area contributed by atoms with Crippen LogP contribution in [0.4, 0.5) is 16.2 Å². The predicted octanol–water partition coefficient (Wildman–Crippen LogP) is 2.89. The molecule has 144 valence electrons. The maximum absolute atomic E-state index is 12.2. The number of hydrogen-bond acceptors (Lipinski definition) is 6. The topological polar surface area (TPSA) is 128 Å². The zero-order chi connectivity index (χ0) is 20.2. The molecule has 1 atom stereocenters. The van der Waals surface area contributed by atoms with Crippen molar-refractivity contribution in [1.29, 1.82) is 0 Å². The fraction of sp³-hybridized carbons (Fsp3) is 0.235. The molecule has 0 saturated carbocycles. The second-order valence-electron chi connectivity index (χ2n) is 5.80. The average Bonchev–Trinajstić information content (AvgIpc) is 2.61. The van der Waals surface area contributed by atoms with Gasteiger partial charge in [-0.2, -0.15) is 0 Å². The molecular formula is C17H19N3O6S. The molecule has 27 heavy (non-hydrogen) atoms. The summed E-state index contributed by atoms with van der Waals surface area (Å²) in [6.45, 7) is 1.71. The first-order valence-corrected chi connectivity index (χ1v) is 9.71. The lowest BCUT2D eigenvalue weighted by Gasteiger charge is -2.15. The van der Waals surface area contributed by atoms with Crippen molar-refractivity contribution in [3.63, 3.8) is 0 Å². The molecule has 1 unspecified atom stereocenters. The summed E-state index contributed by atoms with van der Waals surface area (Å²) in [4.78, 5) is 22.9. The normalized spacial score (nSPS) is 12.1. The van der Waals surface area contributed by atoms with Crippen molar-refractivity contribution in [2.45, 2.75) is 17.9 Å². The van der Waals surface area contributed by atoms with Gasteiger partial charge in [0.2, 0.25) is 0 Å². The quantitative estimate of drug-likeness (QED) is 0.574. The van der Waals surface area contributed by atoms with E-state index in [-0.39, 0.29) is 16.3 Å². The molecule has 2 rings (SSSR count). The second-order valence-corrected chi connectivity index (χ2v) is 7.82. The third-order valence-corrected chi connectivity index (χ3v) is 4.93. The summed E-state index contributed by atoms with van der Waals surface area (Å²) in [5, 5.41) is 16.2. The zero-order valence-corrected chi connectivity index (χ0v) is 15.7. The van der Waals surface area contributed by atoms with Crippen LogP contribution in [0, 0.1) is 10.1 Å². The first-order valence-electron chi connectivity index (χ1n) is 7.82. The lowest BCUT2D eigenvalue weighted by atomic mass is 10.1. The third-order valence-electron chi connectivity index (χ3n) is 3.81. The largest absolute Gasteiger partial charge is 0.496 e. The molecule has 0 radical (unpaired) electrons. The second kappa shape index (κ2) is 8.04. The van der Waals surface area contributed by atoms with Crippen molar-refractivity contribution in [1.82, 2.24) is 5.32 Å². The van der Waals surface area contributed by atoms with E-state index in [4.69, 9.17) is 4.74 Å². The van der Waals surface area contributed by atoms with Crippen LogP contribution < -0.4 is 15.4 Å². The maximum Gasteiger partial charge on any atom is 0.319 e. The molecule has 0 aliphatic rings. The Kier molecular flexibility index (Phi) is 6.01. The minimum atomic E-state index is -3.30. The highest BCUT2D eigenvalue weighted by Crippen LogP contribution is 2.29. The number of nitrogens with one attached hydrogen (secondary N) is 2. The Morgan fingerprint density at radius 3 is 2.33 bits per heavy atom. The van der Waals surface area contributed by atoms with E-state index in [9.17, 15) is 23.3 Å². The number of hydrogen-bond donors (Lipinski definition) is 2. The molecule has 0 spiro atoms. The van der Waals surface area contributed by atoms with Gasteiger partial charge in [0, 0.05) is 6.26 Å². The van der Waals surface area contributed by atoms with Gasteiger partial charge in [-0.3, -0.25) is 10.1 Å². The highest BCUT2D eigenvalue weighted by molar-refractivity contribution is 7.90. The number of nitro groups is 1. The van der Waals surface area contributed by atoms with Gasteiger partial charge in [0.25, 0.3) is 5.69 Å². The zero-order valence-electron chi connectivity index (χ0n) is 14.9. The van der Waals surface area contributed by atoms with Crippen LogP contribution in [0.5, 0.6) is 5.75 Å². The molecule has 2 N–H and O–H groups in total. The van der Waals surface area contributed by atoms with E-state index in [1.807, 2.05) is 0 Å². The number of rotatable bonds is 6. The lowest BCUT2D eigenvalue weighted by Crippen LogP contribution is -2.31. The number of nitrogens with zero attached hydrogens (tertiary/aromatic N) is 1. The molecule has 0 aliphatic carbocycles. The number of urea groups is 1. The number of carbonyl (C=O) groups is 1. The summed E-state index contributed by atoms with van der Waals surface area (Å²) >= 11 is 0. The van der Waals surface area contributed by atoms with Gasteiger partial charge in [-0.05, 0) is 36.8 Å².